The van der Waals surface area contributed by atoms with Gasteiger partial charge in [0.2, 0.25) is 0 Å². The molecule has 0 bridgehead atoms. The first kappa shape index (κ1) is 16.0. The Bertz CT molecular complexity index is 606. The summed E-state index contributed by atoms with van der Waals surface area (Å²) in [6, 6.07) is 6.20. The van der Waals surface area contributed by atoms with E-state index in [1.807, 2.05) is 22.9 Å². The van der Waals surface area contributed by atoms with Crippen LogP contribution in [-0.2, 0) is 6.42 Å². The van der Waals surface area contributed by atoms with Gasteiger partial charge in [0.15, 0.2) is 0 Å². The highest BCUT2D eigenvalue weighted by Gasteiger charge is 2.20. The van der Waals surface area contributed by atoms with Crippen LogP contribution < -0.4 is 5.32 Å². The molecular formula is C16H23ClN4. The summed E-state index contributed by atoms with van der Waals surface area (Å²) in [7, 11) is 0. The molecule has 0 aliphatic carbocycles. The average Bonchev–Trinajstić information content (AvgIpc) is 2.90. The van der Waals surface area contributed by atoms with Crippen molar-refractivity contribution in [2.75, 3.05) is 6.54 Å². The molecule has 2 rings (SSSR count). The van der Waals surface area contributed by atoms with Crippen molar-refractivity contribution >= 4 is 11.6 Å². The first-order chi connectivity index (χ1) is 10.1. The molecule has 0 spiro atoms. The normalized spacial score (nSPS) is 12.6. The Morgan fingerprint density at radius 2 is 2.05 bits per heavy atom. The number of nitrogens with zero attached hydrogens (tertiary/aromatic N) is 3. The summed E-state index contributed by atoms with van der Waals surface area (Å²) in [5.74, 6) is 0. The Kier molecular flexibility index (Phi) is 5.37. The molecule has 2 aromatic rings. The number of aryl methyl sites for hydroxylation is 1. The summed E-state index contributed by atoms with van der Waals surface area (Å²) >= 11 is 6.34. The van der Waals surface area contributed by atoms with Gasteiger partial charge in [-0.15, -0.1) is 5.10 Å². The number of nitrogens with one attached hydrogen (secondary N) is 1. The molecule has 1 heterocycles. The number of halogens is 1. The Morgan fingerprint density at radius 1 is 1.29 bits per heavy atom. The van der Waals surface area contributed by atoms with Gasteiger partial charge in [-0.2, -0.15) is 0 Å². The number of benzene rings is 1. The molecule has 5 heteroatoms. The first-order valence-electron chi connectivity index (χ1n) is 7.56. The Hall–Kier alpha value is -1.39. The van der Waals surface area contributed by atoms with E-state index in [2.05, 4.69) is 43.3 Å². The van der Waals surface area contributed by atoms with Crippen molar-refractivity contribution in [2.24, 2.45) is 0 Å². The number of rotatable bonds is 6. The van der Waals surface area contributed by atoms with Crippen LogP contribution in [0.15, 0.2) is 18.2 Å². The fraction of sp³-hybridized carbons (Fsp3) is 0.500. The van der Waals surface area contributed by atoms with E-state index in [1.165, 1.54) is 0 Å². The summed E-state index contributed by atoms with van der Waals surface area (Å²) in [4.78, 5) is 0. The Labute approximate surface area is 131 Å². The van der Waals surface area contributed by atoms with Crippen LogP contribution in [-0.4, -0.2) is 21.5 Å². The quantitative estimate of drug-likeness (QED) is 0.881. The van der Waals surface area contributed by atoms with Crippen LogP contribution in [0.1, 0.15) is 50.2 Å². The highest BCUT2D eigenvalue weighted by Crippen LogP contribution is 2.26. The second-order valence-electron chi connectivity index (χ2n) is 5.16. The second-order valence-corrected chi connectivity index (χ2v) is 5.57. The van der Waals surface area contributed by atoms with Crippen LogP contribution in [0.3, 0.4) is 0 Å². The minimum absolute atomic E-state index is 0.238. The maximum absolute atomic E-state index is 6.34. The Morgan fingerprint density at radius 3 is 2.67 bits per heavy atom. The molecule has 0 amide bonds. The minimum Gasteiger partial charge on any atom is -0.309 e. The molecule has 1 aromatic heterocycles. The fourth-order valence-corrected chi connectivity index (χ4v) is 2.77. The molecule has 0 radical (unpaired) electrons. The molecule has 1 aromatic carbocycles. The van der Waals surface area contributed by atoms with Crippen LogP contribution >= 0.6 is 11.6 Å². The number of aromatic nitrogens is 3. The smallest absolute Gasteiger partial charge is 0.103 e. The first-order valence-corrected chi connectivity index (χ1v) is 7.94. The lowest BCUT2D eigenvalue weighted by molar-refractivity contribution is 0.520. The van der Waals surface area contributed by atoms with Crippen molar-refractivity contribution in [3.63, 3.8) is 0 Å². The summed E-state index contributed by atoms with van der Waals surface area (Å²) in [6.45, 7) is 9.36. The maximum Gasteiger partial charge on any atom is 0.103 e. The fourth-order valence-electron chi connectivity index (χ4n) is 2.57. The number of hydrogen-bond acceptors (Lipinski definition) is 3. The lowest BCUT2D eigenvalue weighted by atomic mass is 10.1. The standard InChI is InChI=1S/C16H23ClN4/c1-5-13(18-7-3)16-14(6-2)21(20-19-16)15-10-11(4)8-9-12(15)17/h8-10,13,18H,5-7H2,1-4H3. The SMILES string of the molecule is CCNC(CC)c1nnn(-c2cc(C)ccc2Cl)c1CC. The van der Waals surface area contributed by atoms with Crippen molar-refractivity contribution in [2.45, 2.75) is 46.6 Å². The van der Waals surface area contributed by atoms with Crippen LogP contribution in [0, 0.1) is 6.92 Å². The van der Waals surface area contributed by atoms with Gasteiger partial charge in [0.05, 0.1) is 22.4 Å². The largest absolute Gasteiger partial charge is 0.309 e. The molecule has 21 heavy (non-hydrogen) atoms. The van der Waals surface area contributed by atoms with Gasteiger partial charge in [-0.3, -0.25) is 0 Å². The summed E-state index contributed by atoms with van der Waals surface area (Å²) in [5, 5.41) is 12.9. The summed E-state index contributed by atoms with van der Waals surface area (Å²) < 4.78 is 1.88. The van der Waals surface area contributed by atoms with Gasteiger partial charge in [-0.1, -0.05) is 43.7 Å². The van der Waals surface area contributed by atoms with Gasteiger partial charge in [0.25, 0.3) is 0 Å². The van der Waals surface area contributed by atoms with Gasteiger partial charge < -0.3 is 5.32 Å². The molecule has 4 nitrogen and oxygen atoms in total. The van der Waals surface area contributed by atoms with E-state index in [1.54, 1.807) is 0 Å². The van der Waals surface area contributed by atoms with Gasteiger partial charge in [0.1, 0.15) is 5.69 Å². The van der Waals surface area contributed by atoms with Crippen molar-refractivity contribution < 1.29 is 0 Å². The zero-order chi connectivity index (χ0) is 15.4. The molecule has 0 saturated heterocycles. The van der Waals surface area contributed by atoms with Gasteiger partial charge in [-0.25, -0.2) is 4.68 Å². The molecule has 1 unspecified atom stereocenters. The third kappa shape index (κ3) is 3.27. The van der Waals surface area contributed by atoms with Crippen molar-refractivity contribution in [1.29, 1.82) is 0 Å². The molecule has 1 atom stereocenters. The zero-order valence-electron chi connectivity index (χ0n) is 13.2. The highest BCUT2D eigenvalue weighted by molar-refractivity contribution is 6.32. The Balaban J connectivity index is 2.51. The predicted octanol–water partition coefficient (Wildman–Crippen LogP) is 3.85. The molecule has 1 N–H and O–H groups in total. The average molecular weight is 307 g/mol. The predicted molar refractivity (Wildman–Crippen MR) is 87.2 cm³/mol. The topological polar surface area (TPSA) is 42.7 Å². The third-order valence-corrected chi connectivity index (χ3v) is 3.97. The van der Waals surface area contributed by atoms with E-state index < -0.39 is 0 Å². The number of hydrogen-bond donors (Lipinski definition) is 1. The molecule has 0 saturated carbocycles. The molecule has 114 valence electrons. The maximum atomic E-state index is 6.34. The summed E-state index contributed by atoms with van der Waals surface area (Å²) in [6.07, 6.45) is 1.86. The minimum atomic E-state index is 0.238. The van der Waals surface area contributed by atoms with Gasteiger partial charge >= 0.3 is 0 Å². The van der Waals surface area contributed by atoms with Crippen molar-refractivity contribution in [3.8, 4) is 5.69 Å². The van der Waals surface area contributed by atoms with E-state index in [0.29, 0.717) is 5.02 Å². The van der Waals surface area contributed by atoms with E-state index in [0.717, 1.165) is 42.0 Å². The van der Waals surface area contributed by atoms with E-state index in [-0.39, 0.29) is 6.04 Å². The van der Waals surface area contributed by atoms with E-state index in [4.69, 9.17) is 11.6 Å². The van der Waals surface area contributed by atoms with Crippen LogP contribution in [0.5, 0.6) is 0 Å². The van der Waals surface area contributed by atoms with E-state index in [9.17, 15) is 0 Å². The highest BCUT2D eigenvalue weighted by atomic mass is 35.5. The lowest BCUT2D eigenvalue weighted by Gasteiger charge is -2.15. The van der Waals surface area contributed by atoms with E-state index >= 15 is 0 Å². The van der Waals surface area contributed by atoms with Crippen LogP contribution in [0.2, 0.25) is 5.02 Å². The molecule has 0 fully saturated rings. The molecule has 0 aliphatic rings. The van der Waals surface area contributed by atoms with Gasteiger partial charge in [0, 0.05) is 0 Å². The van der Waals surface area contributed by atoms with Gasteiger partial charge in [-0.05, 0) is 44.0 Å². The third-order valence-electron chi connectivity index (χ3n) is 3.65. The van der Waals surface area contributed by atoms with Crippen molar-refractivity contribution in [1.82, 2.24) is 20.3 Å². The molecule has 0 aliphatic heterocycles. The van der Waals surface area contributed by atoms with Crippen LogP contribution in [0.4, 0.5) is 0 Å². The zero-order valence-corrected chi connectivity index (χ0v) is 13.9. The summed E-state index contributed by atoms with van der Waals surface area (Å²) in [5.41, 5.74) is 4.21. The lowest BCUT2D eigenvalue weighted by Crippen LogP contribution is -2.21. The van der Waals surface area contributed by atoms with Crippen LogP contribution in [0.25, 0.3) is 5.69 Å². The molecular weight excluding hydrogens is 284 g/mol. The second kappa shape index (κ2) is 7.05. The monoisotopic (exact) mass is 306 g/mol. The van der Waals surface area contributed by atoms with Crippen molar-refractivity contribution in [3.05, 3.63) is 40.2 Å².